The summed E-state index contributed by atoms with van der Waals surface area (Å²) < 4.78 is 11.1. The molecule has 1 unspecified atom stereocenters. The number of ether oxygens (including phenoxy) is 2. The molecule has 0 spiro atoms. The maximum atomic E-state index is 12.3. The first kappa shape index (κ1) is 19.2. The van der Waals surface area contributed by atoms with Gasteiger partial charge in [-0.3, -0.25) is 0 Å². The molecule has 1 saturated heterocycles. The molecule has 1 fully saturated rings. The molecule has 1 aliphatic carbocycles. The van der Waals surface area contributed by atoms with Gasteiger partial charge in [0.05, 0.1) is 12.0 Å². The Bertz CT molecular complexity index is 668. The van der Waals surface area contributed by atoms with Gasteiger partial charge in [0.15, 0.2) is 0 Å². The van der Waals surface area contributed by atoms with E-state index < -0.39 is 36.2 Å². The van der Waals surface area contributed by atoms with Gasteiger partial charge in [-0.2, -0.15) is 0 Å². The number of carbonyl (C=O) groups excluding carboxylic acids is 2. The van der Waals surface area contributed by atoms with Gasteiger partial charge in [0, 0.05) is 17.6 Å². The van der Waals surface area contributed by atoms with Crippen LogP contribution in [0.15, 0.2) is 47.1 Å². The highest BCUT2D eigenvalue weighted by Crippen LogP contribution is 2.36. The summed E-state index contributed by atoms with van der Waals surface area (Å²) in [5.41, 5.74) is 2.51. The zero-order chi connectivity index (χ0) is 18.7. The van der Waals surface area contributed by atoms with Crippen LogP contribution in [0.1, 0.15) is 40.5 Å². The molecule has 4 atom stereocenters. The number of fused-ring (bicyclic) bond motifs is 1. The third-order valence-electron chi connectivity index (χ3n) is 4.84. The van der Waals surface area contributed by atoms with Crippen LogP contribution < -0.4 is 0 Å². The van der Waals surface area contributed by atoms with E-state index in [9.17, 15) is 14.7 Å². The second-order valence-corrected chi connectivity index (χ2v) is 6.75. The second kappa shape index (κ2) is 7.83. The molecule has 1 N–H and O–H groups in total. The number of hydrogen-bond donors (Lipinski definition) is 1. The van der Waals surface area contributed by atoms with E-state index in [4.69, 9.17) is 9.47 Å². The lowest BCUT2D eigenvalue weighted by Gasteiger charge is -2.28. The molecule has 0 aromatic carbocycles. The summed E-state index contributed by atoms with van der Waals surface area (Å²) in [5, 5.41) is 10.2. The van der Waals surface area contributed by atoms with Crippen LogP contribution in [0.4, 0.5) is 0 Å². The molecule has 0 aromatic rings. The van der Waals surface area contributed by atoms with Crippen LogP contribution in [0.2, 0.25) is 0 Å². The Morgan fingerprint density at radius 2 is 2.12 bits per heavy atom. The average Bonchev–Trinajstić information content (AvgIpc) is 2.84. The van der Waals surface area contributed by atoms with Crippen LogP contribution in [0.25, 0.3) is 0 Å². The largest absolute Gasteiger partial charge is 0.458 e. The van der Waals surface area contributed by atoms with Gasteiger partial charge in [0.2, 0.25) is 0 Å². The van der Waals surface area contributed by atoms with E-state index >= 15 is 0 Å². The minimum absolute atomic E-state index is 0.299. The predicted molar refractivity (Wildman–Crippen MR) is 94.6 cm³/mol. The summed E-state index contributed by atoms with van der Waals surface area (Å²) in [5.74, 6) is -1.37. The number of aliphatic hydroxyl groups is 1. The summed E-state index contributed by atoms with van der Waals surface area (Å²) in [6, 6.07) is 0. The van der Waals surface area contributed by atoms with Crippen molar-refractivity contribution < 1.29 is 24.2 Å². The van der Waals surface area contributed by atoms with Gasteiger partial charge in [-0.25, -0.2) is 9.59 Å². The van der Waals surface area contributed by atoms with Gasteiger partial charge in [-0.1, -0.05) is 24.3 Å². The van der Waals surface area contributed by atoms with E-state index in [-0.39, 0.29) is 0 Å². The third kappa shape index (κ3) is 4.28. The third-order valence-corrected chi connectivity index (χ3v) is 4.84. The van der Waals surface area contributed by atoms with Crippen LogP contribution in [-0.4, -0.2) is 35.4 Å². The molecule has 0 radical (unpaired) electrons. The molecule has 25 heavy (non-hydrogen) atoms. The summed E-state index contributed by atoms with van der Waals surface area (Å²) in [6.07, 6.45) is 4.51. The summed E-state index contributed by atoms with van der Waals surface area (Å²) in [6.45, 7) is 11.0. The Balaban J connectivity index is 2.42. The Morgan fingerprint density at radius 1 is 1.44 bits per heavy atom. The van der Waals surface area contributed by atoms with Crippen molar-refractivity contribution in [1.82, 2.24) is 0 Å². The van der Waals surface area contributed by atoms with Gasteiger partial charge in [0.25, 0.3) is 0 Å². The van der Waals surface area contributed by atoms with Crippen molar-refractivity contribution >= 4 is 11.9 Å². The molecular weight excluding hydrogens is 320 g/mol. The minimum atomic E-state index is -0.632. The van der Waals surface area contributed by atoms with E-state index in [1.165, 1.54) is 0 Å². The van der Waals surface area contributed by atoms with E-state index in [0.717, 1.165) is 11.1 Å². The van der Waals surface area contributed by atoms with Crippen LogP contribution in [0, 0.1) is 5.92 Å². The first-order valence-electron chi connectivity index (χ1n) is 8.50. The Kier molecular flexibility index (Phi) is 6.01. The highest BCUT2D eigenvalue weighted by atomic mass is 16.6. The molecule has 1 heterocycles. The first-order chi connectivity index (χ1) is 11.7. The Labute approximate surface area is 148 Å². The van der Waals surface area contributed by atoms with E-state index in [1.54, 1.807) is 32.9 Å². The number of aliphatic hydroxyl groups excluding tert-OH is 1. The fourth-order valence-corrected chi connectivity index (χ4v) is 3.04. The molecule has 1 aliphatic heterocycles. The average molecular weight is 346 g/mol. The van der Waals surface area contributed by atoms with Gasteiger partial charge >= 0.3 is 11.9 Å². The lowest BCUT2D eigenvalue weighted by Crippen LogP contribution is -2.34. The van der Waals surface area contributed by atoms with Crippen molar-refractivity contribution in [3.05, 3.63) is 47.1 Å². The number of carbonyl (C=O) groups is 2. The number of esters is 2. The predicted octanol–water partition coefficient (Wildman–Crippen LogP) is 3.01. The number of hydrogen-bond acceptors (Lipinski definition) is 5. The monoisotopic (exact) mass is 346 g/mol. The molecule has 0 amide bonds. The fraction of sp³-hybridized carbons (Fsp3) is 0.500. The van der Waals surface area contributed by atoms with Crippen molar-refractivity contribution in [3.8, 4) is 0 Å². The zero-order valence-corrected chi connectivity index (χ0v) is 15.2. The van der Waals surface area contributed by atoms with Crippen molar-refractivity contribution in [2.45, 2.75) is 58.8 Å². The maximum Gasteiger partial charge on any atom is 0.334 e. The Morgan fingerprint density at radius 3 is 2.76 bits per heavy atom. The minimum Gasteiger partial charge on any atom is -0.458 e. The highest BCUT2D eigenvalue weighted by molar-refractivity contribution is 5.92. The van der Waals surface area contributed by atoms with E-state index in [1.807, 2.05) is 13.0 Å². The SMILES string of the molecule is C=C1C(=O)O[C@@H]2/C=C(/C)[C@@H](O)C/C=C(\C)C[C@H](OC(=O)/C(C)=C\C)C12. The lowest BCUT2D eigenvalue weighted by atomic mass is 9.85. The van der Waals surface area contributed by atoms with Gasteiger partial charge in [-0.05, 0) is 45.8 Å². The molecule has 2 aliphatic rings. The lowest BCUT2D eigenvalue weighted by molar-refractivity contribution is -0.147. The van der Waals surface area contributed by atoms with Crippen molar-refractivity contribution in [1.29, 1.82) is 0 Å². The highest BCUT2D eigenvalue weighted by Gasteiger charge is 2.44. The van der Waals surface area contributed by atoms with Crippen LogP contribution in [0.3, 0.4) is 0 Å². The van der Waals surface area contributed by atoms with Crippen molar-refractivity contribution in [2.24, 2.45) is 5.92 Å². The van der Waals surface area contributed by atoms with Crippen molar-refractivity contribution in [2.75, 3.05) is 0 Å². The van der Waals surface area contributed by atoms with E-state index in [0.29, 0.717) is 24.0 Å². The van der Waals surface area contributed by atoms with Crippen LogP contribution in [-0.2, 0) is 19.1 Å². The van der Waals surface area contributed by atoms with Gasteiger partial charge in [-0.15, -0.1) is 0 Å². The molecule has 5 heteroatoms. The molecule has 5 nitrogen and oxygen atoms in total. The molecule has 0 saturated carbocycles. The Hall–Kier alpha value is -2.14. The maximum absolute atomic E-state index is 12.3. The van der Waals surface area contributed by atoms with Gasteiger partial charge in [0.1, 0.15) is 12.2 Å². The molecule has 0 bridgehead atoms. The van der Waals surface area contributed by atoms with Crippen molar-refractivity contribution in [3.63, 3.8) is 0 Å². The smallest absolute Gasteiger partial charge is 0.334 e. The topological polar surface area (TPSA) is 72.8 Å². The van der Waals surface area contributed by atoms with Crippen LogP contribution in [0.5, 0.6) is 0 Å². The fourth-order valence-electron chi connectivity index (χ4n) is 3.04. The van der Waals surface area contributed by atoms with Gasteiger partial charge < -0.3 is 14.6 Å². The normalized spacial score (nSPS) is 35.0. The molecule has 2 rings (SSSR count). The number of rotatable bonds is 2. The quantitative estimate of drug-likeness (QED) is 0.473. The van der Waals surface area contributed by atoms with E-state index in [2.05, 4.69) is 6.58 Å². The summed E-state index contributed by atoms with van der Waals surface area (Å²) in [4.78, 5) is 24.3. The summed E-state index contributed by atoms with van der Waals surface area (Å²) in [7, 11) is 0. The second-order valence-electron chi connectivity index (χ2n) is 6.75. The van der Waals surface area contributed by atoms with Crippen LogP contribution >= 0.6 is 0 Å². The standard InChI is InChI=1S/C20H26O5/c1-6-12(3)19(22)24-16-9-11(2)7-8-15(21)13(4)10-17-18(16)14(5)20(23)25-17/h6-7,10,15-18,21H,5,8-9H2,1-4H3/b11-7+,12-6-,13-10-/t15-,16-,17+,18?/m0/s1. The molecular formula is C20H26O5. The molecule has 0 aromatic heterocycles. The summed E-state index contributed by atoms with van der Waals surface area (Å²) >= 11 is 0. The first-order valence-corrected chi connectivity index (χ1v) is 8.50. The zero-order valence-electron chi connectivity index (χ0n) is 15.2. The number of allylic oxidation sites excluding steroid dienone is 1. The molecule has 136 valence electrons.